The molecule has 0 bridgehead atoms. The summed E-state index contributed by atoms with van der Waals surface area (Å²) in [5, 5.41) is 3.08. The van der Waals surface area contributed by atoms with Crippen LogP contribution in [0.15, 0.2) is 12.3 Å². The quantitative estimate of drug-likeness (QED) is 0.926. The number of rotatable bonds is 3. The van der Waals surface area contributed by atoms with Crippen LogP contribution >= 0.6 is 0 Å². The lowest BCUT2D eigenvalue weighted by molar-refractivity contribution is -0.124. The van der Waals surface area contributed by atoms with E-state index < -0.39 is 0 Å². The zero-order chi connectivity index (χ0) is 17.3. The van der Waals surface area contributed by atoms with E-state index >= 15 is 0 Å². The first-order valence-electron chi connectivity index (χ1n) is 8.97. The molecule has 0 saturated carbocycles. The van der Waals surface area contributed by atoms with Gasteiger partial charge in [0.25, 0.3) is 0 Å². The van der Waals surface area contributed by atoms with E-state index in [1.807, 2.05) is 18.0 Å². The first-order valence-corrected chi connectivity index (χ1v) is 8.97. The SMILES string of the molecule is Cc1cc(C)c(CNC(=O)N2CC3(CCOCC3)C2C(C)C)cn1. The fraction of sp³-hybridized carbons (Fsp3) is 0.684. The molecule has 3 heterocycles. The number of hydrogen-bond donors (Lipinski definition) is 1. The molecule has 1 spiro atoms. The Bertz CT molecular complexity index is 609. The van der Waals surface area contributed by atoms with E-state index in [0.717, 1.165) is 43.9 Å². The fourth-order valence-electron chi connectivity index (χ4n) is 4.43. The van der Waals surface area contributed by atoms with Crippen LogP contribution in [0.3, 0.4) is 0 Å². The molecule has 132 valence electrons. The van der Waals surface area contributed by atoms with Crippen molar-refractivity contribution >= 4 is 6.03 Å². The number of carbonyl (C=O) groups is 1. The van der Waals surface area contributed by atoms with Crippen LogP contribution in [-0.4, -0.2) is 41.7 Å². The topological polar surface area (TPSA) is 54.5 Å². The molecule has 1 N–H and O–H groups in total. The maximum absolute atomic E-state index is 12.7. The Morgan fingerprint density at radius 2 is 2.12 bits per heavy atom. The molecule has 5 nitrogen and oxygen atoms in total. The monoisotopic (exact) mass is 331 g/mol. The van der Waals surface area contributed by atoms with Crippen molar-refractivity contribution < 1.29 is 9.53 Å². The lowest BCUT2D eigenvalue weighted by Gasteiger charge is -2.60. The summed E-state index contributed by atoms with van der Waals surface area (Å²) in [6.07, 6.45) is 4.00. The zero-order valence-corrected chi connectivity index (χ0v) is 15.3. The summed E-state index contributed by atoms with van der Waals surface area (Å²) < 4.78 is 5.53. The van der Waals surface area contributed by atoms with E-state index in [1.165, 1.54) is 5.56 Å². The van der Waals surface area contributed by atoms with Gasteiger partial charge >= 0.3 is 6.03 Å². The van der Waals surface area contributed by atoms with Gasteiger partial charge in [0.2, 0.25) is 0 Å². The number of nitrogens with zero attached hydrogens (tertiary/aromatic N) is 2. The molecular formula is C19H29N3O2. The Balaban J connectivity index is 1.62. The summed E-state index contributed by atoms with van der Waals surface area (Å²) in [6, 6.07) is 2.42. The second-order valence-corrected chi connectivity index (χ2v) is 7.70. The Kier molecular flexibility index (Phi) is 4.81. The summed E-state index contributed by atoms with van der Waals surface area (Å²) in [4.78, 5) is 19.0. The molecule has 5 heteroatoms. The molecule has 2 fully saturated rings. The summed E-state index contributed by atoms with van der Waals surface area (Å²) >= 11 is 0. The minimum atomic E-state index is 0.0470. The van der Waals surface area contributed by atoms with Crippen LogP contribution in [0, 0.1) is 25.2 Å². The van der Waals surface area contributed by atoms with Crippen LogP contribution in [0.1, 0.15) is 43.5 Å². The van der Waals surface area contributed by atoms with Gasteiger partial charge in [0.05, 0.1) is 0 Å². The highest BCUT2D eigenvalue weighted by Gasteiger charge is 2.55. The van der Waals surface area contributed by atoms with Crippen LogP contribution in [0.4, 0.5) is 4.79 Å². The van der Waals surface area contributed by atoms with Gasteiger partial charge in [-0.3, -0.25) is 4.98 Å². The number of ether oxygens (including phenoxy) is 1. The van der Waals surface area contributed by atoms with Crippen molar-refractivity contribution in [3.8, 4) is 0 Å². The van der Waals surface area contributed by atoms with E-state index in [9.17, 15) is 4.79 Å². The average Bonchev–Trinajstić information content (AvgIpc) is 2.52. The van der Waals surface area contributed by atoms with Crippen LogP contribution in [0.2, 0.25) is 0 Å². The van der Waals surface area contributed by atoms with Crippen LogP contribution in [0.25, 0.3) is 0 Å². The highest BCUT2D eigenvalue weighted by Crippen LogP contribution is 2.48. The Morgan fingerprint density at radius 1 is 1.42 bits per heavy atom. The van der Waals surface area contributed by atoms with Gasteiger partial charge in [-0.2, -0.15) is 0 Å². The molecule has 1 atom stereocenters. The Hall–Kier alpha value is -1.62. The number of aromatic nitrogens is 1. The van der Waals surface area contributed by atoms with Crippen molar-refractivity contribution in [3.05, 3.63) is 29.1 Å². The van der Waals surface area contributed by atoms with Gasteiger partial charge in [-0.05, 0) is 49.8 Å². The number of amides is 2. The van der Waals surface area contributed by atoms with Gasteiger partial charge in [0, 0.05) is 49.7 Å². The molecular weight excluding hydrogens is 302 g/mol. The molecule has 0 aliphatic carbocycles. The number of nitrogens with one attached hydrogen (secondary N) is 1. The first kappa shape index (κ1) is 17.2. The van der Waals surface area contributed by atoms with Crippen molar-refractivity contribution in [1.82, 2.24) is 15.2 Å². The summed E-state index contributed by atoms with van der Waals surface area (Å²) in [5.74, 6) is 0.463. The molecule has 3 rings (SSSR count). The predicted molar refractivity (Wildman–Crippen MR) is 93.8 cm³/mol. The molecule has 2 aliphatic heterocycles. The summed E-state index contributed by atoms with van der Waals surface area (Å²) in [6.45, 7) is 11.5. The lowest BCUT2D eigenvalue weighted by atomic mass is 9.63. The second kappa shape index (κ2) is 6.71. The first-order chi connectivity index (χ1) is 11.4. The second-order valence-electron chi connectivity index (χ2n) is 7.70. The van der Waals surface area contributed by atoms with Crippen LogP contribution < -0.4 is 5.32 Å². The van der Waals surface area contributed by atoms with Crippen LogP contribution in [-0.2, 0) is 11.3 Å². The lowest BCUT2D eigenvalue weighted by Crippen LogP contribution is -2.70. The third-order valence-electron chi connectivity index (χ3n) is 5.62. The fourth-order valence-corrected chi connectivity index (χ4v) is 4.43. The third-order valence-corrected chi connectivity index (χ3v) is 5.62. The van der Waals surface area contributed by atoms with Gasteiger partial charge in [-0.15, -0.1) is 0 Å². The van der Waals surface area contributed by atoms with Crippen molar-refractivity contribution in [3.63, 3.8) is 0 Å². The number of carbonyl (C=O) groups excluding carboxylic acids is 1. The highest BCUT2D eigenvalue weighted by atomic mass is 16.5. The Labute approximate surface area is 144 Å². The van der Waals surface area contributed by atoms with Gasteiger partial charge < -0.3 is 15.0 Å². The zero-order valence-electron chi connectivity index (χ0n) is 15.3. The molecule has 2 amide bonds. The standard InChI is InChI=1S/C19H29N3O2/c1-13(2)17-19(5-7-24-8-6-19)12-22(17)18(23)21-11-16-10-20-15(4)9-14(16)3/h9-10,13,17H,5-8,11-12H2,1-4H3,(H,21,23). The molecule has 2 saturated heterocycles. The number of hydrogen-bond acceptors (Lipinski definition) is 3. The van der Waals surface area contributed by atoms with Crippen molar-refractivity contribution in [2.24, 2.45) is 11.3 Å². The molecule has 1 aromatic heterocycles. The third kappa shape index (κ3) is 3.14. The number of aryl methyl sites for hydroxylation is 2. The molecule has 1 unspecified atom stereocenters. The smallest absolute Gasteiger partial charge is 0.317 e. The predicted octanol–water partition coefficient (Wildman–Crippen LogP) is 3.05. The molecule has 0 radical (unpaired) electrons. The number of urea groups is 1. The minimum Gasteiger partial charge on any atom is -0.381 e. The van der Waals surface area contributed by atoms with Gasteiger partial charge in [-0.25, -0.2) is 4.79 Å². The van der Waals surface area contributed by atoms with Crippen molar-refractivity contribution in [1.29, 1.82) is 0 Å². The average molecular weight is 331 g/mol. The Morgan fingerprint density at radius 3 is 2.75 bits per heavy atom. The van der Waals surface area contributed by atoms with E-state index in [0.29, 0.717) is 18.5 Å². The van der Waals surface area contributed by atoms with Crippen molar-refractivity contribution in [2.75, 3.05) is 19.8 Å². The summed E-state index contributed by atoms with van der Waals surface area (Å²) in [7, 11) is 0. The van der Waals surface area contributed by atoms with E-state index in [4.69, 9.17) is 4.74 Å². The number of likely N-dealkylation sites (tertiary alicyclic amines) is 1. The number of pyridine rings is 1. The molecule has 2 aliphatic rings. The maximum Gasteiger partial charge on any atom is 0.317 e. The largest absolute Gasteiger partial charge is 0.381 e. The van der Waals surface area contributed by atoms with Gasteiger partial charge in [0.1, 0.15) is 0 Å². The summed E-state index contributed by atoms with van der Waals surface area (Å²) in [5.41, 5.74) is 3.53. The van der Waals surface area contributed by atoms with Gasteiger partial charge in [-0.1, -0.05) is 13.8 Å². The van der Waals surface area contributed by atoms with E-state index in [2.05, 4.69) is 37.1 Å². The maximum atomic E-state index is 12.7. The minimum absolute atomic E-state index is 0.0470. The van der Waals surface area contributed by atoms with Crippen LogP contribution in [0.5, 0.6) is 0 Å². The van der Waals surface area contributed by atoms with Gasteiger partial charge in [0.15, 0.2) is 0 Å². The highest BCUT2D eigenvalue weighted by molar-refractivity contribution is 5.76. The molecule has 1 aromatic rings. The normalized spacial score (nSPS) is 22.5. The molecule has 24 heavy (non-hydrogen) atoms. The van der Waals surface area contributed by atoms with E-state index in [-0.39, 0.29) is 11.4 Å². The van der Waals surface area contributed by atoms with Crippen molar-refractivity contribution in [2.45, 2.75) is 53.1 Å². The molecule has 0 aromatic carbocycles. The van der Waals surface area contributed by atoms with E-state index in [1.54, 1.807) is 0 Å².